The molecule has 1 N–H and O–H groups in total. The number of aromatic nitrogens is 2. The molecule has 4 nitrogen and oxygen atoms in total. The van der Waals surface area contributed by atoms with Crippen LogP contribution in [0.5, 0.6) is 0 Å². The summed E-state index contributed by atoms with van der Waals surface area (Å²) in [6, 6.07) is 20.1. The van der Waals surface area contributed by atoms with Crippen LogP contribution in [0.15, 0.2) is 79.3 Å². The summed E-state index contributed by atoms with van der Waals surface area (Å²) in [7, 11) is 0. The molecule has 0 fully saturated rings. The molecule has 1 amide bonds. The van der Waals surface area contributed by atoms with Gasteiger partial charge in [-0.3, -0.25) is 9.36 Å². The second-order valence-electron chi connectivity index (χ2n) is 7.93. The van der Waals surface area contributed by atoms with Crippen LogP contribution in [0.4, 0.5) is 8.78 Å². The zero-order chi connectivity index (χ0) is 23.2. The molecule has 1 aromatic heterocycles. The van der Waals surface area contributed by atoms with E-state index in [9.17, 15) is 13.6 Å². The maximum Gasteiger partial charge on any atom is 0.270 e. The highest BCUT2D eigenvalue weighted by atomic mass is 19.2. The quantitative estimate of drug-likeness (QED) is 0.357. The fraction of sp³-hybridized carbons (Fsp3) is 0.185. The SMILES string of the molecule is CCCCc1ccc(-c2ccc(-n3cncc3C(=O)NCc3ccc(F)c(F)c3)cc2)cc1. The third-order valence-electron chi connectivity index (χ3n) is 5.56. The second-order valence-corrected chi connectivity index (χ2v) is 7.93. The van der Waals surface area contributed by atoms with E-state index in [-0.39, 0.29) is 12.5 Å². The fourth-order valence-corrected chi connectivity index (χ4v) is 3.65. The Morgan fingerprint density at radius 3 is 2.24 bits per heavy atom. The smallest absolute Gasteiger partial charge is 0.270 e. The van der Waals surface area contributed by atoms with Crippen molar-refractivity contribution in [3.63, 3.8) is 0 Å². The van der Waals surface area contributed by atoms with E-state index in [4.69, 9.17) is 0 Å². The molecule has 0 spiro atoms. The summed E-state index contributed by atoms with van der Waals surface area (Å²) in [6.07, 6.45) is 6.52. The van der Waals surface area contributed by atoms with E-state index in [0.29, 0.717) is 11.3 Å². The number of unbranched alkanes of at least 4 members (excludes halogenated alkanes) is 1. The van der Waals surface area contributed by atoms with Crippen molar-refractivity contribution in [2.45, 2.75) is 32.7 Å². The molecule has 168 valence electrons. The van der Waals surface area contributed by atoms with Crippen molar-refractivity contribution in [1.82, 2.24) is 14.9 Å². The van der Waals surface area contributed by atoms with Crippen LogP contribution in [0.25, 0.3) is 16.8 Å². The lowest BCUT2D eigenvalue weighted by Crippen LogP contribution is -2.25. The van der Waals surface area contributed by atoms with Crippen molar-refractivity contribution >= 4 is 5.91 Å². The molecule has 0 aliphatic heterocycles. The lowest BCUT2D eigenvalue weighted by atomic mass is 10.0. The van der Waals surface area contributed by atoms with Gasteiger partial charge >= 0.3 is 0 Å². The summed E-state index contributed by atoms with van der Waals surface area (Å²) in [5.74, 6) is -2.22. The number of aryl methyl sites for hydroxylation is 1. The maximum atomic E-state index is 13.4. The van der Waals surface area contributed by atoms with Crippen LogP contribution in [-0.4, -0.2) is 15.5 Å². The van der Waals surface area contributed by atoms with Gasteiger partial charge in [0.15, 0.2) is 11.6 Å². The molecule has 6 heteroatoms. The molecule has 0 atom stereocenters. The van der Waals surface area contributed by atoms with Gasteiger partial charge in [0, 0.05) is 12.2 Å². The van der Waals surface area contributed by atoms with Crippen molar-refractivity contribution in [2.24, 2.45) is 0 Å². The molecule has 0 saturated carbocycles. The van der Waals surface area contributed by atoms with E-state index in [1.807, 2.05) is 24.3 Å². The van der Waals surface area contributed by atoms with Gasteiger partial charge in [-0.05, 0) is 59.4 Å². The van der Waals surface area contributed by atoms with Crippen molar-refractivity contribution in [3.05, 3.63) is 108 Å². The number of nitrogens with one attached hydrogen (secondary N) is 1. The van der Waals surface area contributed by atoms with Crippen molar-refractivity contribution in [1.29, 1.82) is 0 Å². The van der Waals surface area contributed by atoms with Gasteiger partial charge in [0.1, 0.15) is 5.69 Å². The first-order chi connectivity index (χ1) is 16.0. The number of carbonyl (C=O) groups excluding carboxylic acids is 1. The highest BCUT2D eigenvalue weighted by Gasteiger charge is 2.13. The van der Waals surface area contributed by atoms with Crippen LogP contribution in [0.1, 0.15) is 41.4 Å². The van der Waals surface area contributed by atoms with Crippen LogP contribution < -0.4 is 5.32 Å². The van der Waals surface area contributed by atoms with Gasteiger partial charge in [-0.2, -0.15) is 0 Å². The zero-order valence-electron chi connectivity index (χ0n) is 18.4. The monoisotopic (exact) mass is 445 g/mol. The molecule has 0 unspecified atom stereocenters. The fourth-order valence-electron chi connectivity index (χ4n) is 3.65. The summed E-state index contributed by atoms with van der Waals surface area (Å²) >= 11 is 0. The Hall–Kier alpha value is -3.80. The zero-order valence-corrected chi connectivity index (χ0v) is 18.4. The number of amides is 1. The van der Waals surface area contributed by atoms with Gasteiger partial charge in [-0.1, -0.05) is 55.8 Å². The molecule has 33 heavy (non-hydrogen) atoms. The maximum absolute atomic E-state index is 13.4. The minimum Gasteiger partial charge on any atom is -0.347 e. The van der Waals surface area contributed by atoms with Crippen molar-refractivity contribution in [2.75, 3.05) is 0 Å². The Kier molecular flexibility index (Phi) is 6.93. The minimum absolute atomic E-state index is 0.0778. The van der Waals surface area contributed by atoms with Gasteiger partial charge in [0.25, 0.3) is 5.91 Å². The molecular weight excluding hydrogens is 420 g/mol. The number of benzene rings is 3. The van der Waals surface area contributed by atoms with Crippen LogP contribution in [0, 0.1) is 11.6 Å². The molecule has 4 aromatic rings. The molecule has 0 bridgehead atoms. The number of hydrogen-bond acceptors (Lipinski definition) is 2. The summed E-state index contributed by atoms with van der Waals surface area (Å²) in [4.78, 5) is 16.8. The van der Waals surface area contributed by atoms with Crippen molar-refractivity contribution < 1.29 is 13.6 Å². The Balaban J connectivity index is 1.45. The summed E-state index contributed by atoms with van der Waals surface area (Å²) < 4.78 is 28.2. The summed E-state index contributed by atoms with van der Waals surface area (Å²) in [6.45, 7) is 2.27. The number of carbonyl (C=O) groups is 1. The van der Waals surface area contributed by atoms with E-state index in [0.717, 1.165) is 35.4 Å². The Bertz CT molecular complexity index is 1230. The van der Waals surface area contributed by atoms with Gasteiger partial charge in [0.2, 0.25) is 0 Å². The normalized spacial score (nSPS) is 10.9. The average Bonchev–Trinajstić information content (AvgIpc) is 3.34. The van der Waals surface area contributed by atoms with E-state index in [1.54, 1.807) is 10.9 Å². The third kappa shape index (κ3) is 5.34. The molecule has 0 radical (unpaired) electrons. The molecule has 0 aliphatic carbocycles. The van der Waals surface area contributed by atoms with Crippen molar-refractivity contribution in [3.8, 4) is 16.8 Å². The number of rotatable bonds is 8. The first-order valence-electron chi connectivity index (χ1n) is 11.0. The van der Waals surface area contributed by atoms with Gasteiger partial charge in [-0.15, -0.1) is 0 Å². The lowest BCUT2D eigenvalue weighted by Gasteiger charge is -2.10. The molecular formula is C27H25F2N3O. The average molecular weight is 446 g/mol. The molecule has 0 saturated heterocycles. The van der Waals surface area contributed by atoms with Crippen LogP contribution in [-0.2, 0) is 13.0 Å². The van der Waals surface area contributed by atoms with Crippen LogP contribution >= 0.6 is 0 Å². The van der Waals surface area contributed by atoms with Gasteiger partial charge in [-0.25, -0.2) is 13.8 Å². The van der Waals surface area contributed by atoms with E-state index >= 15 is 0 Å². The van der Waals surface area contributed by atoms with Crippen LogP contribution in [0.3, 0.4) is 0 Å². The molecule has 1 heterocycles. The van der Waals surface area contributed by atoms with Gasteiger partial charge in [0.05, 0.1) is 12.5 Å². The topological polar surface area (TPSA) is 46.9 Å². The van der Waals surface area contributed by atoms with Crippen LogP contribution in [0.2, 0.25) is 0 Å². The molecule has 4 rings (SSSR count). The first-order valence-corrected chi connectivity index (χ1v) is 11.0. The summed E-state index contributed by atoms with van der Waals surface area (Å²) in [5, 5.41) is 2.73. The predicted octanol–water partition coefficient (Wildman–Crippen LogP) is 6.09. The van der Waals surface area contributed by atoms with E-state index in [2.05, 4.69) is 41.5 Å². The molecule has 3 aromatic carbocycles. The Morgan fingerprint density at radius 1 is 0.909 bits per heavy atom. The Morgan fingerprint density at radius 2 is 1.58 bits per heavy atom. The van der Waals surface area contributed by atoms with E-state index < -0.39 is 11.6 Å². The lowest BCUT2D eigenvalue weighted by molar-refractivity contribution is 0.0944. The first kappa shape index (κ1) is 22.4. The van der Waals surface area contributed by atoms with Gasteiger partial charge < -0.3 is 5.32 Å². The highest BCUT2D eigenvalue weighted by Crippen LogP contribution is 2.23. The third-order valence-corrected chi connectivity index (χ3v) is 5.56. The number of hydrogen-bond donors (Lipinski definition) is 1. The largest absolute Gasteiger partial charge is 0.347 e. The highest BCUT2D eigenvalue weighted by molar-refractivity contribution is 5.93. The Labute approximate surface area is 191 Å². The number of nitrogens with zero attached hydrogens (tertiary/aromatic N) is 2. The van der Waals surface area contributed by atoms with E-state index in [1.165, 1.54) is 30.7 Å². The minimum atomic E-state index is -0.942. The standard InChI is InChI=1S/C27H25F2N3O/c1-2-3-4-19-5-8-21(9-6-19)22-10-12-23(13-11-22)32-18-30-17-26(32)27(33)31-16-20-7-14-24(28)25(29)15-20/h5-15,17-18H,2-4,16H2,1H3,(H,31,33). The summed E-state index contributed by atoms with van der Waals surface area (Å²) in [5.41, 5.74) is 5.19. The molecule has 0 aliphatic rings. The second kappa shape index (κ2) is 10.2. The predicted molar refractivity (Wildman–Crippen MR) is 125 cm³/mol. The number of imidazole rings is 1. The number of halogens is 2.